The summed E-state index contributed by atoms with van der Waals surface area (Å²) in [7, 11) is 1.81. The average Bonchev–Trinajstić information content (AvgIpc) is 3.68. The lowest BCUT2D eigenvalue weighted by atomic mass is 10.1. The van der Waals surface area contributed by atoms with Crippen molar-refractivity contribution in [2.24, 2.45) is 12.0 Å². The van der Waals surface area contributed by atoms with E-state index in [2.05, 4.69) is 37.2 Å². The maximum Gasteiger partial charge on any atom is 0.274 e. The van der Waals surface area contributed by atoms with Crippen LogP contribution in [0, 0.1) is 11.8 Å². The summed E-state index contributed by atoms with van der Waals surface area (Å²) in [6.07, 6.45) is 9.26. The molecule has 1 aliphatic rings. The molecule has 5 aromatic rings. The second-order valence-corrected chi connectivity index (χ2v) is 9.62. The van der Waals surface area contributed by atoms with Crippen LogP contribution in [0.5, 0.6) is 0 Å². The molecule has 3 N–H and O–H groups in total. The molecule has 0 spiro atoms. The van der Waals surface area contributed by atoms with Crippen LogP contribution < -0.4 is 16.6 Å². The summed E-state index contributed by atoms with van der Waals surface area (Å²) in [6.45, 7) is 1.74. The Bertz CT molecular complexity index is 2030. The molecule has 0 radical (unpaired) electrons. The molecule has 0 bridgehead atoms. The number of aryl methyl sites for hydroxylation is 1. The highest BCUT2D eigenvalue weighted by Crippen LogP contribution is 2.22. The van der Waals surface area contributed by atoms with Gasteiger partial charge in [-0.15, -0.1) is 0 Å². The SMILES string of the molecule is C[C@H](NC(=O)c1nc(C2=CCC=N2)cnc1N)c1nc2cccc(C#Cc3cnn(C)c3)c2c(=O)n1-c1ccccc1. The zero-order valence-corrected chi connectivity index (χ0v) is 22.8. The second kappa shape index (κ2) is 10.9. The number of aliphatic imine (C=N–C) groups is 1. The van der Waals surface area contributed by atoms with Gasteiger partial charge in [-0.25, -0.2) is 15.0 Å². The van der Waals surface area contributed by atoms with Crippen LogP contribution in [-0.2, 0) is 7.05 Å². The maximum atomic E-state index is 14.2. The van der Waals surface area contributed by atoms with Crippen molar-refractivity contribution in [3.63, 3.8) is 0 Å². The van der Waals surface area contributed by atoms with E-state index in [1.807, 2.05) is 31.3 Å². The Labute approximate surface area is 240 Å². The normalized spacial score (nSPS) is 13.0. The number of para-hydroxylation sites is 1. The third-order valence-electron chi connectivity index (χ3n) is 6.64. The second-order valence-electron chi connectivity index (χ2n) is 9.62. The molecule has 11 heteroatoms. The van der Waals surface area contributed by atoms with Crippen LogP contribution in [0.15, 0.2) is 83.0 Å². The van der Waals surface area contributed by atoms with Crippen molar-refractivity contribution >= 4 is 34.5 Å². The number of rotatable bonds is 5. The van der Waals surface area contributed by atoms with Crippen LogP contribution in [0.1, 0.15) is 52.5 Å². The van der Waals surface area contributed by atoms with Gasteiger partial charge in [0.05, 0.1) is 46.3 Å². The van der Waals surface area contributed by atoms with Crippen LogP contribution in [0.25, 0.3) is 22.3 Å². The van der Waals surface area contributed by atoms with Gasteiger partial charge in [-0.3, -0.25) is 23.8 Å². The molecule has 0 fully saturated rings. The lowest BCUT2D eigenvalue weighted by molar-refractivity contribution is 0.0933. The number of nitrogens with two attached hydrogens (primary N) is 1. The Morgan fingerprint density at radius 3 is 2.64 bits per heavy atom. The zero-order valence-electron chi connectivity index (χ0n) is 22.8. The van der Waals surface area contributed by atoms with Crippen molar-refractivity contribution < 1.29 is 4.79 Å². The smallest absolute Gasteiger partial charge is 0.274 e. The van der Waals surface area contributed by atoms with Gasteiger partial charge in [-0.2, -0.15) is 5.10 Å². The molecular formula is C31H25N9O2. The molecule has 0 unspecified atom stereocenters. The summed E-state index contributed by atoms with van der Waals surface area (Å²) >= 11 is 0. The number of benzene rings is 2. The number of fused-ring (bicyclic) bond motifs is 1. The van der Waals surface area contributed by atoms with Gasteiger partial charge in [0, 0.05) is 31.4 Å². The summed E-state index contributed by atoms with van der Waals surface area (Å²) in [6, 6.07) is 13.7. The summed E-state index contributed by atoms with van der Waals surface area (Å²) < 4.78 is 3.15. The number of nitrogens with zero attached hydrogens (tertiary/aromatic N) is 7. The number of aromatic nitrogens is 6. The monoisotopic (exact) mass is 555 g/mol. The zero-order chi connectivity index (χ0) is 29.2. The van der Waals surface area contributed by atoms with E-state index >= 15 is 0 Å². The molecule has 0 saturated carbocycles. The van der Waals surface area contributed by atoms with Crippen molar-refractivity contribution in [1.29, 1.82) is 0 Å². The van der Waals surface area contributed by atoms with Gasteiger partial charge in [-0.1, -0.05) is 42.2 Å². The topological polar surface area (TPSA) is 146 Å². The van der Waals surface area contributed by atoms with Crippen molar-refractivity contribution in [3.05, 3.63) is 112 Å². The number of hydrogen-bond donors (Lipinski definition) is 2. The summed E-state index contributed by atoms with van der Waals surface area (Å²) in [4.78, 5) is 45.2. The Morgan fingerprint density at radius 2 is 1.90 bits per heavy atom. The molecule has 0 saturated heterocycles. The first kappa shape index (κ1) is 26.3. The third kappa shape index (κ3) is 5.04. The van der Waals surface area contributed by atoms with E-state index in [1.54, 1.807) is 60.5 Å². The molecule has 3 aromatic heterocycles. The van der Waals surface area contributed by atoms with E-state index < -0.39 is 11.9 Å². The van der Waals surface area contributed by atoms with Crippen molar-refractivity contribution in [3.8, 4) is 17.5 Å². The number of allylic oxidation sites excluding steroid dienone is 1. The van der Waals surface area contributed by atoms with E-state index in [9.17, 15) is 9.59 Å². The lowest BCUT2D eigenvalue weighted by Gasteiger charge is -2.20. The van der Waals surface area contributed by atoms with Crippen molar-refractivity contribution in [2.45, 2.75) is 19.4 Å². The van der Waals surface area contributed by atoms with Crippen LogP contribution in [-0.4, -0.2) is 41.4 Å². The number of hydrogen-bond acceptors (Lipinski definition) is 8. The van der Waals surface area contributed by atoms with E-state index in [-0.39, 0.29) is 17.1 Å². The fourth-order valence-corrected chi connectivity index (χ4v) is 4.65. The number of carbonyl (C=O) groups excluding carboxylic acids is 1. The first-order valence-corrected chi connectivity index (χ1v) is 13.2. The molecule has 0 aliphatic carbocycles. The molecule has 4 heterocycles. The first-order valence-electron chi connectivity index (χ1n) is 13.2. The molecular weight excluding hydrogens is 530 g/mol. The average molecular weight is 556 g/mol. The highest BCUT2D eigenvalue weighted by molar-refractivity contribution is 5.97. The van der Waals surface area contributed by atoms with Crippen LogP contribution in [0.2, 0.25) is 0 Å². The summed E-state index contributed by atoms with van der Waals surface area (Å²) in [5.41, 5.74) is 9.05. The van der Waals surface area contributed by atoms with Crippen molar-refractivity contribution in [1.82, 2.24) is 34.6 Å². The number of nitrogen functional groups attached to an aromatic ring is 1. The van der Waals surface area contributed by atoms with Gasteiger partial charge in [0.25, 0.3) is 11.5 Å². The van der Waals surface area contributed by atoms with E-state index in [0.29, 0.717) is 45.8 Å². The minimum Gasteiger partial charge on any atom is -0.382 e. The number of nitrogens with one attached hydrogen (secondary N) is 1. The largest absolute Gasteiger partial charge is 0.382 e. The standard InChI is InChI=1S/C31H25N9O2/c1-19(36-30(41)27-28(32)34-17-25(37-27)23-12-7-15-33-23)29-38-24-11-6-8-21(14-13-20-16-35-39(2)18-20)26(24)31(42)40(29)22-9-4-3-5-10-22/h3-6,8-12,15-19H,7H2,1-2H3,(H2,32,34)(H,36,41)/t19-/m0/s1. The van der Waals surface area contributed by atoms with E-state index in [0.717, 1.165) is 5.56 Å². The fourth-order valence-electron chi connectivity index (χ4n) is 4.65. The molecule has 2 aromatic carbocycles. The number of anilines is 1. The Balaban J connectivity index is 1.43. The summed E-state index contributed by atoms with van der Waals surface area (Å²) in [5, 5.41) is 7.41. The highest BCUT2D eigenvalue weighted by Gasteiger charge is 2.23. The lowest BCUT2D eigenvalue weighted by Crippen LogP contribution is -2.34. The number of carbonyl (C=O) groups is 1. The molecule has 1 amide bonds. The predicted molar refractivity (Wildman–Crippen MR) is 160 cm³/mol. The predicted octanol–water partition coefficient (Wildman–Crippen LogP) is 3.20. The van der Waals surface area contributed by atoms with Crippen LogP contribution >= 0.6 is 0 Å². The van der Waals surface area contributed by atoms with Gasteiger partial charge in [0.15, 0.2) is 11.5 Å². The molecule has 1 aliphatic heterocycles. The van der Waals surface area contributed by atoms with Gasteiger partial charge < -0.3 is 11.1 Å². The van der Waals surface area contributed by atoms with Gasteiger partial charge in [0.1, 0.15) is 11.5 Å². The van der Waals surface area contributed by atoms with E-state index in [4.69, 9.17) is 10.7 Å². The Kier molecular flexibility index (Phi) is 6.86. The highest BCUT2D eigenvalue weighted by atomic mass is 16.2. The van der Waals surface area contributed by atoms with Crippen LogP contribution in [0.4, 0.5) is 5.82 Å². The van der Waals surface area contributed by atoms with Crippen molar-refractivity contribution in [2.75, 3.05) is 5.73 Å². The third-order valence-corrected chi connectivity index (χ3v) is 6.64. The molecule has 42 heavy (non-hydrogen) atoms. The minimum absolute atomic E-state index is 0.0187. The quantitative estimate of drug-likeness (QED) is 0.317. The fraction of sp³-hybridized carbons (Fsp3) is 0.129. The molecule has 1 atom stereocenters. The van der Waals surface area contributed by atoms with Gasteiger partial charge in [0.2, 0.25) is 0 Å². The first-order chi connectivity index (χ1) is 20.4. The van der Waals surface area contributed by atoms with Gasteiger partial charge >= 0.3 is 0 Å². The Morgan fingerprint density at radius 1 is 1.07 bits per heavy atom. The Hall–Kier alpha value is -5.89. The maximum absolute atomic E-state index is 14.2. The van der Waals surface area contributed by atoms with Crippen LogP contribution in [0.3, 0.4) is 0 Å². The minimum atomic E-state index is -0.714. The molecule has 6 rings (SSSR count). The molecule has 11 nitrogen and oxygen atoms in total. The molecule has 206 valence electrons. The number of amides is 1. The summed E-state index contributed by atoms with van der Waals surface area (Å²) in [5.74, 6) is 5.93. The van der Waals surface area contributed by atoms with Gasteiger partial charge in [-0.05, 0) is 31.2 Å². The van der Waals surface area contributed by atoms with E-state index in [1.165, 1.54) is 10.8 Å².